The Kier molecular flexibility index (Phi) is 8.26. The van der Waals surface area contributed by atoms with Gasteiger partial charge in [-0.1, -0.05) is 47.5 Å². The van der Waals surface area contributed by atoms with Gasteiger partial charge in [-0.3, -0.25) is 14.7 Å². The fourth-order valence-electron chi connectivity index (χ4n) is 5.00. The first-order chi connectivity index (χ1) is 19.6. The van der Waals surface area contributed by atoms with Crippen LogP contribution in [0.4, 0.5) is 4.79 Å². The molecule has 0 spiro atoms. The highest BCUT2D eigenvalue weighted by Crippen LogP contribution is 2.45. The zero-order valence-electron chi connectivity index (χ0n) is 22.4. The number of hydrogen-bond acceptors (Lipinski definition) is 6. The molecule has 41 heavy (non-hydrogen) atoms. The number of nitrogens with zero attached hydrogens (tertiary/aromatic N) is 3. The van der Waals surface area contributed by atoms with Crippen LogP contribution in [0, 0.1) is 0 Å². The molecule has 2 heterocycles. The lowest BCUT2D eigenvalue weighted by Crippen LogP contribution is -2.55. The van der Waals surface area contributed by atoms with Gasteiger partial charge < -0.3 is 15.0 Å². The van der Waals surface area contributed by atoms with Crippen LogP contribution in [0.15, 0.2) is 76.6 Å². The van der Waals surface area contributed by atoms with Crippen molar-refractivity contribution in [1.29, 1.82) is 0 Å². The maximum Gasteiger partial charge on any atom is 0.326 e. The zero-order valence-corrected chi connectivity index (χ0v) is 24.7. The first kappa shape index (κ1) is 28.9. The molecule has 2 aliphatic rings. The van der Waals surface area contributed by atoms with Crippen molar-refractivity contribution in [3.05, 3.63) is 93.5 Å². The molecule has 3 aromatic carbocycles. The molecule has 0 aliphatic carbocycles. The summed E-state index contributed by atoms with van der Waals surface area (Å²) in [6.45, 7) is 2.61. The molecular weight excluding hydrogens is 587 g/mol. The summed E-state index contributed by atoms with van der Waals surface area (Å²) in [5, 5.41) is 3.82. The van der Waals surface area contributed by atoms with Gasteiger partial charge in [0.25, 0.3) is 0 Å². The number of rotatable bonds is 6. The third-order valence-electron chi connectivity index (χ3n) is 6.92. The second-order valence-corrected chi connectivity index (χ2v) is 12.6. The van der Waals surface area contributed by atoms with Crippen LogP contribution in [0.1, 0.15) is 35.7 Å². The Labute approximate surface area is 248 Å². The largest absolute Gasteiger partial charge is 0.493 e. The summed E-state index contributed by atoms with van der Waals surface area (Å²) in [6.07, 6.45) is 1.12. The zero-order chi connectivity index (χ0) is 29.3. The fraction of sp³-hybridized carbons (Fsp3) is 0.276. The van der Waals surface area contributed by atoms with Gasteiger partial charge >= 0.3 is 6.03 Å². The van der Waals surface area contributed by atoms with E-state index in [9.17, 15) is 18.0 Å². The predicted molar refractivity (Wildman–Crippen MR) is 157 cm³/mol. The number of amides is 3. The number of sulfone groups is 1. The van der Waals surface area contributed by atoms with E-state index in [4.69, 9.17) is 32.9 Å². The topological polar surface area (TPSA) is 108 Å². The average molecular weight is 616 g/mol. The third kappa shape index (κ3) is 6.05. The SMILES string of the molecule is CCOc1ccc(S(C)(=O)=O)cc1C1=NC(c2ccc(Cl)cc2)C(c2ccc(Cl)cc2)N1C(=O)N1CCNC(=O)C1. The van der Waals surface area contributed by atoms with Crippen LogP contribution in [0.2, 0.25) is 10.0 Å². The summed E-state index contributed by atoms with van der Waals surface area (Å²) in [5.74, 6) is 0.336. The molecule has 12 heteroatoms. The Balaban J connectivity index is 1.75. The molecule has 214 valence electrons. The fourth-order valence-corrected chi connectivity index (χ4v) is 5.90. The van der Waals surface area contributed by atoms with E-state index in [2.05, 4.69) is 5.32 Å². The molecule has 0 bridgehead atoms. The number of nitrogens with one attached hydrogen (secondary N) is 1. The van der Waals surface area contributed by atoms with Gasteiger partial charge in [-0.2, -0.15) is 0 Å². The van der Waals surface area contributed by atoms with Gasteiger partial charge in [-0.25, -0.2) is 13.2 Å². The molecular formula is C29H28Cl2N4O5S. The van der Waals surface area contributed by atoms with E-state index in [1.165, 1.54) is 21.9 Å². The molecule has 1 fully saturated rings. The van der Waals surface area contributed by atoms with Crippen molar-refractivity contribution in [2.75, 3.05) is 32.5 Å². The van der Waals surface area contributed by atoms with Gasteiger partial charge in [-0.05, 0) is 60.5 Å². The molecule has 3 amide bonds. The first-order valence-electron chi connectivity index (χ1n) is 13.0. The molecule has 0 aromatic heterocycles. The monoisotopic (exact) mass is 614 g/mol. The number of amidine groups is 1. The molecule has 2 unspecified atom stereocenters. The van der Waals surface area contributed by atoms with Crippen molar-refractivity contribution in [3.63, 3.8) is 0 Å². The van der Waals surface area contributed by atoms with E-state index < -0.39 is 28.0 Å². The number of ether oxygens (including phenoxy) is 1. The summed E-state index contributed by atoms with van der Waals surface area (Å²) in [4.78, 5) is 34.7. The second-order valence-electron chi connectivity index (χ2n) is 9.73. The van der Waals surface area contributed by atoms with Crippen molar-refractivity contribution in [3.8, 4) is 5.75 Å². The number of benzene rings is 3. The Morgan fingerprint density at radius 3 is 2.24 bits per heavy atom. The molecule has 0 radical (unpaired) electrons. The molecule has 1 saturated heterocycles. The summed E-state index contributed by atoms with van der Waals surface area (Å²) in [7, 11) is -3.60. The molecule has 2 atom stereocenters. The number of halogens is 2. The van der Waals surface area contributed by atoms with Gasteiger partial charge in [-0.15, -0.1) is 0 Å². The number of urea groups is 1. The van der Waals surface area contributed by atoms with Crippen LogP contribution in [0.5, 0.6) is 5.75 Å². The van der Waals surface area contributed by atoms with Gasteiger partial charge in [0.2, 0.25) is 5.91 Å². The summed E-state index contributed by atoms with van der Waals surface area (Å²) in [6, 6.07) is 17.1. The number of piperazine rings is 1. The van der Waals surface area contributed by atoms with Crippen LogP contribution in [0.3, 0.4) is 0 Å². The highest BCUT2D eigenvalue weighted by molar-refractivity contribution is 7.90. The van der Waals surface area contributed by atoms with E-state index in [1.807, 2.05) is 31.2 Å². The van der Waals surface area contributed by atoms with Crippen molar-refractivity contribution in [2.45, 2.75) is 23.9 Å². The molecule has 3 aromatic rings. The highest BCUT2D eigenvalue weighted by Gasteiger charge is 2.45. The van der Waals surface area contributed by atoms with Crippen molar-refractivity contribution in [2.24, 2.45) is 4.99 Å². The Bertz CT molecular complexity index is 1610. The summed E-state index contributed by atoms with van der Waals surface area (Å²) >= 11 is 12.4. The number of hydrogen-bond donors (Lipinski definition) is 1. The van der Waals surface area contributed by atoms with Crippen molar-refractivity contribution >= 4 is 50.8 Å². The normalized spacial score (nSPS) is 19.1. The minimum atomic E-state index is -3.60. The predicted octanol–water partition coefficient (Wildman–Crippen LogP) is 4.89. The lowest BCUT2D eigenvalue weighted by molar-refractivity contribution is -0.123. The van der Waals surface area contributed by atoms with Crippen LogP contribution < -0.4 is 10.1 Å². The van der Waals surface area contributed by atoms with E-state index >= 15 is 0 Å². The van der Waals surface area contributed by atoms with E-state index in [0.717, 1.165) is 17.4 Å². The smallest absolute Gasteiger partial charge is 0.326 e. The second kappa shape index (κ2) is 11.7. The lowest BCUT2D eigenvalue weighted by atomic mass is 9.93. The van der Waals surface area contributed by atoms with Gasteiger partial charge in [0.15, 0.2) is 9.84 Å². The number of aliphatic imine (C=N–C) groups is 1. The van der Waals surface area contributed by atoms with Crippen molar-refractivity contribution < 1.29 is 22.7 Å². The molecule has 0 saturated carbocycles. The highest BCUT2D eigenvalue weighted by atomic mass is 35.5. The first-order valence-corrected chi connectivity index (χ1v) is 15.6. The Morgan fingerprint density at radius 2 is 1.66 bits per heavy atom. The lowest BCUT2D eigenvalue weighted by Gasteiger charge is -2.35. The maximum absolute atomic E-state index is 14.3. The van der Waals surface area contributed by atoms with E-state index in [0.29, 0.717) is 41.1 Å². The van der Waals surface area contributed by atoms with E-state index in [1.54, 1.807) is 30.3 Å². The van der Waals surface area contributed by atoms with Gasteiger partial charge in [0.05, 0.1) is 23.1 Å². The Morgan fingerprint density at radius 1 is 1.02 bits per heavy atom. The van der Waals surface area contributed by atoms with Crippen LogP contribution in [0.25, 0.3) is 0 Å². The van der Waals surface area contributed by atoms with Gasteiger partial charge in [0.1, 0.15) is 24.2 Å². The Hall–Kier alpha value is -3.60. The molecule has 5 rings (SSSR count). The number of carbonyl (C=O) groups excluding carboxylic acids is 2. The standard InChI is InChI=1S/C29H28Cl2N4O5S/c1-3-40-24-13-12-22(41(2,38)39)16-23(24)28-33-26(18-4-8-20(30)9-5-18)27(19-6-10-21(31)11-7-19)35(28)29(37)34-15-14-32-25(36)17-34/h4-13,16,26-27H,3,14-15,17H2,1-2H3,(H,32,36). The summed E-state index contributed by atoms with van der Waals surface area (Å²) < 4.78 is 31.0. The summed E-state index contributed by atoms with van der Waals surface area (Å²) in [5.41, 5.74) is 1.89. The van der Waals surface area contributed by atoms with Crippen LogP contribution in [-0.4, -0.2) is 68.5 Å². The average Bonchev–Trinajstić information content (AvgIpc) is 3.33. The number of carbonyl (C=O) groups is 2. The maximum atomic E-state index is 14.3. The van der Waals surface area contributed by atoms with E-state index in [-0.39, 0.29) is 23.2 Å². The van der Waals surface area contributed by atoms with Gasteiger partial charge in [0, 0.05) is 29.4 Å². The quantitative estimate of drug-likeness (QED) is 0.425. The van der Waals surface area contributed by atoms with Crippen LogP contribution >= 0.6 is 23.2 Å². The third-order valence-corrected chi connectivity index (χ3v) is 8.54. The molecule has 1 N–H and O–H groups in total. The van der Waals surface area contributed by atoms with Crippen LogP contribution in [-0.2, 0) is 14.6 Å². The van der Waals surface area contributed by atoms with Crippen molar-refractivity contribution in [1.82, 2.24) is 15.1 Å². The minimum absolute atomic E-state index is 0.0568. The minimum Gasteiger partial charge on any atom is -0.493 e. The molecule has 9 nitrogen and oxygen atoms in total. The molecule has 2 aliphatic heterocycles.